The average Bonchev–Trinajstić information content (AvgIpc) is 2.32. The van der Waals surface area contributed by atoms with Crippen LogP contribution in [0.5, 0.6) is 0 Å². The molecule has 0 atom stereocenters. The zero-order valence-corrected chi connectivity index (χ0v) is 11.9. The van der Waals surface area contributed by atoms with Crippen molar-refractivity contribution < 1.29 is 4.79 Å². The third-order valence-electron chi connectivity index (χ3n) is 3.47. The fourth-order valence-electron chi connectivity index (χ4n) is 2.43. The first-order valence-corrected chi connectivity index (χ1v) is 7.24. The molecule has 98 valence electrons. The lowest BCUT2D eigenvalue weighted by atomic mass is 9.84. The Bertz CT molecular complexity index is 414. The van der Waals surface area contributed by atoms with E-state index < -0.39 is 0 Å². The van der Waals surface area contributed by atoms with Crippen LogP contribution in [-0.4, -0.2) is 11.9 Å². The van der Waals surface area contributed by atoms with Crippen molar-refractivity contribution in [3.8, 4) is 0 Å². The molecule has 1 aliphatic carbocycles. The van der Waals surface area contributed by atoms with Gasteiger partial charge < -0.3 is 11.1 Å². The van der Waals surface area contributed by atoms with Gasteiger partial charge in [-0.15, -0.1) is 0 Å². The molecule has 1 aliphatic rings. The van der Waals surface area contributed by atoms with E-state index in [9.17, 15) is 4.79 Å². The largest absolute Gasteiger partial charge is 0.328 e. The maximum atomic E-state index is 11.9. The number of halogens is 1. The molecule has 0 spiro atoms. The van der Waals surface area contributed by atoms with Crippen molar-refractivity contribution >= 4 is 27.5 Å². The van der Waals surface area contributed by atoms with E-state index in [1.807, 2.05) is 24.3 Å². The minimum Gasteiger partial charge on any atom is -0.328 e. The maximum absolute atomic E-state index is 11.9. The Balaban J connectivity index is 1.82. The van der Waals surface area contributed by atoms with Gasteiger partial charge in [-0.1, -0.05) is 22.0 Å². The summed E-state index contributed by atoms with van der Waals surface area (Å²) in [4.78, 5) is 11.9. The quantitative estimate of drug-likeness (QED) is 0.900. The minimum atomic E-state index is 0.105. The molecule has 1 fully saturated rings. The number of anilines is 1. The van der Waals surface area contributed by atoms with E-state index in [0.29, 0.717) is 18.4 Å². The summed E-state index contributed by atoms with van der Waals surface area (Å²) in [6.45, 7) is 0. The highest BCUT2D eigenvalue weighted by molar-refractivity contribution is 9.10. The monoisotopic (exact) mass is 310 g/mol. The molecular formula is C14H19BrN2O. The highest BCUT2D eigenvalue weighted by Crippen LogP contribution is 2.26. The second-order valence-corrected chi connectivity index (χ2v) is 5.96. The fraction of sp³-hybridized carbons (Fsp3) is 0.500. The van der Waals surface area contributed by atoms with E-state index in [4.69, 9.17) is 5.73 Å². The zero-order chi connectivity index (χ0) is 13.0. The summed E-state index contributed by atoms with van der Waals surface area (Å²) in [5, 5.41) is 2.94. The topological polar surface area (TPSA) is 55.1 Å². The first-order chi connectivity index (χ1) is 8.63. The first kappa shape index (κ1) is 13.6. The molecule has 3 nitrogen and oxygen atoms in total. The number of nitrogens with one attached hydrogen (secondary N) is 1. The number of carbonyl (C=O) groups is 1. The van der Waals surface area contributed by atoms with E-state index >= 15 is 0 Å². The molecule has 0 saturated heterocycles. The van der Waals surface area contributed by atoms with Crippen molar-refractivity contribution in [3.05, 3.63) is 28.7 Å². The highest BCUT2D eigenvalue weighted by Gasteiger charge is 2.20. The molecular weight excluding hydrogens is 292 g/mol. The van der Waals surface area contributed by atoms with E-state index in [1.54, 1.807) is 0 Å². The number of nitrogens with two attached hydrogens (primary N) is 1. The molecule has 0 radical (unpaired) electrons. The Kier molecular flexibility index (Phi) is 4.78. The van der Waals surface area contributed by atoms with Gasteiger partial charge in [-0.25, -0.2) is 0 Å². The van der Waals surface area contributed by atoms with E-state index in [2.05, 4.69) is 21.2 Å². The van der Waals surface area contributed by atoms with E-state index in [0.717, 1.165) is 35.8 Å². The smallest absolute Gasteiger partial charge is 0.224 e. The standard InChI is InChI=1S/C14H19BrN2O/c15-11-2-1-3-13(9-11)17-14(18)8-10-4-6-12(16)7-5-10/h1-3,9-10,12H,4-8,16H2,(H,17,18). The van der Waals surface area contributed by atoms with Gasteiger partial charge in [-0.05, 0) is 49.8 Å². The molecule has 0 unspecified atom stereocenters. The molecule has 1 aromatic carbocycles. The summed E-state index contributed by atoms with van der Waals surface area (Å²) < 4.78 is 0.976. The Morgan fingerprint density at radius 2 is 2.06 bits per heavy atom. The zero-order valence-electron chi connectivity index (χ0n) is 10.4. The minimum absolute atomic E-state index is 0.105. The van der Waals surface area contributed by atoms with Crippen molar-refractivity contribution in [3.63, 3.8) is 0 Å². The molecule has 4 heteroatoms. The molecule has 0 heterocycles. The van der Waals surface area contributed by atoms with E-state index in [1.165, 1.54) is 0 Å². The number of carbonyl (C=O) groups excluding carboxylic acids is 1. The normalized spacial score (nSPS) is 23.7. The van der Waals surface area contributed by atoms with Crippen LogP contribution in [0.1, 0.15) is 32.1 Å². The Morgan fingerprint density at radius 3 is 2.72 bits per heavy atom. The average molecular weight is 311 g/mol. The van der Waals surface area contributed by atoms with Crippen LogP contribution in [0.25, 0.3) is 0 Å². The van der Waals surface area contributed by atoms with Crippen LogP contribution in [-0.2, 0) is 4.79 Å². The number of amides is 1. The summed E-state index contributed by atoms with van der Waals surface area (Å²) in [7, 11) is 0. The van der Waals surface area contributed by atoms with Crippen molar-refractivity contribution in [2.24, 2.45) is 11.7 Å². The molecule has 1 aromatic rings. The lowest BCUT2D eigenvalue weighted by Gasteiger charge is -2.25. The van der Waals surface area contributed by atoms with Gasteiger partial charge in [0.25, 0.3) is 0 Å². The van der Waals surface area contributed by atoms with Crippen molar-refractivity contribution in [2.45, 2.75) is 38.1 Å². The van der Waals surface area contributed by atoms with Gasteiger partial charge in [0.15, 0.2) is 0 Å². The number of benzene rings is 1. The Morgan fingerprint density at radius 1 is 1.33 bits per heavy atom. The van der Waals surface area contributed by atoms with Crippen LogP contribution in [0.2, 0.25) is 0 Å². The van der Waals surface area contributed by atoms with Crippen LogP contribution in [0.15, 0.2) is 28.7 Å². The maximum Gasteiger partial charge on any atom is 0.224 e. The third kappa shape index (κ3) is 4.10. The van der Waals surface area contributed by atoms with Crippen LogP contribution < -0.4 is 11.1 Å². The van der Waals surface area contributed by atoms with Gasteiger partial charge in [0.05, 0.1) is 0 Å². The SMILES string of the molecule is NC1CCC(CC(=O)Nc2cccc(Br)c2)CC1. The first-order valence-electron chi connectivity index (χ1n) is 6.44. The predicted molar refractivity (Wildman–Crippen MR) is 77.3 cm³/mol. The molecule has 1 saturated carbocycles. The van der Waals surface area contributed by atoms with Crippen molar-refractivity contribution in [1.82, 2.24) is 0 Å². The van der Waals surface area contributed by atoms with Crippen LogP contribution in [0.4, 0.5) is 5.69 Å². The lowest BCUT2D eigenvalue weighted by Crippen LogP contribution is -2.28. The Hall–Kier alpha value is -0.870. The number of hydrogen-bond donors (Lipinski definition) is 2. The molecule has 18 heavy (non-hydrogen) atoms. The summed E-state index contributed by atoms with van der Waals surface area (Å²) in [5.74, 6) is 0.602. The summed E-state index contributed by atoms with van der Waals surface area (Å²) in [6.07, 6.45) is 4.86. The second-order valence-electron chi connectivity index (χ2n) is 5.04. The number of rotatable bonds is 3. The summed E-state index contributed by atoms with van der Waals surface area (Å²) in [6, 6.07) is 8.01. The van der Waals surface area contributed by atoms with Gasteiger partial charge >= 0.3 is 0 Å². The van der Waals surface area contributed by atoms with Gasteiger partial charge in [0.2, 0.25) is 5.91 Å². The highest BCUT2D eigenvalue weighted by atomic mass is 79.9. The molecule has 0 aromatic heterocycles. The number of hydrogen-bond acceptors (Lipinski definition) is 2. The summed E-state index contributed by atoms with van der Waals surface area (Å²) in [5.41, 5.74) is 6.71. The van der Waals surface area contributed by atoms with Gasteiger partial charge in [-0.3, -0.25) is 4.79 Å². The van der Waals surface area contributed by atoms with Crippen molar-refractivity contribution in [2.75, 3.05) is 5.32 Å². The van der Waals surface area contributed by atoms with E-state index in [-0.39, 0.29) is 5.91 Å². The Labute approximate surface area is 116 Å². The molecule has 2 rings (SSSR count). The van der Waals surface area contributed by atoms with Gasteiger partial charge in [0.1, 0.15) is 0 Å². The predicted octanol–water partition coefficient (Wildman–Crippen LogP) is 3.30. The summed E-state index contributed by atoms with van der Waals surface area (Å²) >= 11 is 3.39. The molecule has 1 amide bonds. The molecule has 3 N–H and O–H groups in total. The van der Waals surface area contributed by atoms with Gasteiger partial charge in [0, 0.05) is 22.6 Å². The molecule has 0 bridgehead atoms. The van der Waals surface area contributed by atoms with Gasteiger partial charge in [-0.2, -0.15) is 0 Å². The van der Waals surface area contributed by atoms with Crippen LogP contribution in [0.3, 0.4) is 0 Å². The second kappa shape index (κ2) is 6.34. The van der Waals surface area contributed by atoms with Crippen LogP contribution >= 0.6 is 15.9 Å². The fourth-order valence-corrected chi connectivity index (χ4v) is 2.83. The van der Waals surface area contributed by atoms with Crippen LogP contribution in [0, 0.1) is 5.92 Å². The van der Waals surface area contributed by atoms with Crippen molar-refractivity contribution in [1.29, 1.82) is 0 Å². The lowest BCUT2D eigenvalue weighted by molar-refractivity contribution is -0.117. The molecule has 0 aliphatic heterocycles. The third-order valence-corrected chi connectivity index (χ3v) is 3.97.